The molecule has 0 aromatic heterocycles. The van der Waals surface area contributed by atoms with Crippen molar-refractivity contribution < 1.29 is 40.6 Å². The first kappa shape index (κ1) is 18.3. The summed E-state index contributed by atoms with van der Waals surface area (Å²) in [7, 11) is 0. The van der Waals surface area contributed by atoms with Gasteiger partial charge in [0.05, 0.1) is 0 Å². The Bertz CT molecular complexity index is 757. The van der Waals surface area contributed by atoms with Crippen LogP contribution in [0.4, 0.5) is 0 Å². The van der Waals surface area contributed by atoms with Crippen molar-refractivity contribution in [1.29, 1.82) is 0 Å². The Morgan fingerprint density at radius 1 is 0.913 bits per heavy atom. The van der Waals surface area contributed by atoms with Crippen LogP contribution < -0.4 is 43.2 Å². The van der Waals surface area contributed by atoms with Crippen LogP contribution in [0, 0.1) is 0 Å². The second-order valence-corrected chi connectivity index (χ2v) is 5.78. The quantitative estimate of drug-likeness (QED) is 0.595. The van der Waals surface area contributed by atoms with Gasteiger partial charge in [-0.05, 0) is 23.4 Å². The zero-order valence-corrected chi connectivity index (χ0v) is 13.9. The largest absolute Gasteiger partial charge is 1.00 e. The molecule has 2 aliphatic carbocycles. The van der Waals surface area contributed by atoms with Gasteiger partial charge in [0.1, 0.15) is 0 Å². The SMILES string of the molecule is C1=CCC(B(c2ccccc2)C2C=Cc3ccccc32)=C1.[H-].[H-].[Li+].[Li+]. The van der Waals surface area contributed by atoms with E-state index in [0.29, 0.717) is 12.5 Å². The van der Waals surface area contributed by atoms with Crippen LogP contribution in [0.1, 0.15) is 26.2 Å². The Morgan fingerprint density at radius 2 is 1.65 bits per heavy atom. The third kappa shape index (κ3) is 3.55. The van der Waals surface area contributed by atoms with Crippen molar-refractivity contribution in [2.75, 3.05) is 0 Å². The molecule has 2 aromatic carbocycles. The van der Waals surface area contributed by atoms with Crippen molar-refractivity contribution >= 4 is 18.3 Å². The molecule has 0 N–H and O–H groups in total. The van der Waals surface area contributed by atoms with Crippen LogP contribution in [-0.2, 0) is 0 Å². The van der Waals surface area contributed by atoms with Crippen LogP contribution in [0.15, 0.2) is 84.4 Å². The van der Waals surface area contributed by atoms with Gasteiger partial charge in [0.2, 0.25) is 6.71 Å². The maximum Gasteiger partial charge on any atom is 1.00 e. The summed E-state index contributed by atoms with van der Waals surface area (Å²) in [5, 5.41) is 0. The van der Waals surface area contributed by atoms with Gasteiger partial charge in [-0.25, -0.2) is 0 Å². The van der Waals surface area contributed by atoms with Crippen molar-refractivity contribution in [2.24, 2.45) is 0 Å². The van der Waals surface area contributed by atoms with Crippen molar-refractivity contribution in [3.8, 4) is 0 Å². The van der Waals surface area contributed by atoms with Crippen LogP contribution >= 0.6 is 0 Å². The molecule has 104 valence electrons. The molecule has 0 amide bonds. The van der Waals surface area contributed by atoms with Gasteiger partial charge in [0.25, 0.3) is 0 Å². The first-order valence-electron chi connectivity index (χ1n) is 7.61. The molecule has 0 saturated heterocycles. The van der Waals surface area contributed by atoms with E-state index in [0.717, 1.165) is 6.42 Å². The minimum atomic E-state index is 0. The fourth-order valence-corrected chi connectivity index (χ4v) is 3.57. The van der Waals surface area contributed by atoms with Gasteiger partial charge >= 0.3 is 37.7 Å². The zero-order valence-electron chi connectivity index (χ0n) is 15.9. The predicted octanol–water partition coefficient (Wildman–Crippen LogP) is -1.60. The van der Waals surface area contributed by atoms with Crippen LogP contribution in [0.2, 0.25) is 0 Å². The number of hydrogen-bond donors (Lipinski definition) is 0. The molecule has 1 unspecified atom stereocenters. The Hall–Kier alpha value is -1.08. The maximum absolute atomic E-state index is 2.38. The summed E-state index contributed by atoms with van der Waals surface area (Å²) in [6, 6.07) is 19.7. The molecule has 0 aliphatic heterocycles. The smallest absolute Gasteiger partial charge is 1.00 e. The van der Waals surface area contributed by atoms with Crippen LogP contribution in [0.5, 0.6) is 0 Å². The normalized spacial score (nSPS) is 17.0. The van der Waals surface area contributed by atoms with Crippen LogP contribution in [0.3, 0.4) is 0 Å². The van der Waals surface area contributed by atoms with E-state index >= 15 is 0 Å². The molecule has 4 rings (SSSR count). The topological polar surface area (TPSA) is 0 Å². The molecule has 0 bridgehead atoms. The molecule has 0 radical (unpaired) electrons. The Balaban J connectivity index is 0.00000144. The van der Waals surface area contributed by atoms with E-state index in [2.05, 4.69) is 85.0 Å². The molecular weight excluding hydrogens is 265 g/mol. The average molecular weight is 284 g/mol. The van der Waals surface area contributed by atoms with Crippen molar-refractivity contribution in [3.05, 3.63) is 95.5 Å². The van der Waals surface area contributed by atoms with E-state index in [1.165, 1.54) is 22.1 Å². The van der Waals surface area contributed by atoms with Crippen molar-refractivity contribution in [3.63, 3.8) is 0 Å². The molecule has 2 aliphatic rings. The van der Waals surface area contributed by atoms with Crippen LogP contribution in [-0.4, -0.2) is 6.71 Å². The van der Waals surface area contributed by atoms with Gasteiger partial charge in [-0.15, -0.1) is 0 Å². The molecule has 0 saturated carbocycles. The van der Waals surface area contributed by atoms with Gasteiger partial charge in [0.15, 0.2) is 0 Å². The number of rotatable bonds is 3. The van der Waals surface area contributed by atoms with E-state index < -0.39 is 0 Å². The first-order valence-corrected chi connectivity index (χ1v) is 7.61. The number of allylic oxidation sites excluding steroid dienone is 5. The van der Waals surface area contributed by atoms with Crippen molar-refractivity contribution in [2.45, 2.75) is 12.2 Å². The minimum Gasteiger partial charge on any atom is -1.00 e. The summed E-state index contributed by atoms with van der Waals surface area (Å²) in [6.07, 6.45) is 12.5. The summed E-state index contributed by atoms with van der Waals surface area (Å²) in [4.78, 5) is 0. The molecule has 0 spiro atoms. The van der Waals surface area contributed by atoms with Gasteiger partial charge in [-0.1, -0.05) is 95.9 Å². The first-order chi connectivity index (χ1) is 10.4. The van der Waals surface area contributed by atoms with Crippen LogP contribution in [0.25, 0.3) is 6.08 Å². The molecule has 3 heteroatoms. The number of hydrogen-bond acceptors (Lipinski definition) is 0. The summed E-state index contributed by atoms with van der Waals surface area (Å²) >= 11 is 0. The fourth-order valence-electron chi connectivity index (χ4n) is 3.57. The van der Waals surface area contributed by atoms with E-state index in [4.69, 9.17) is 0 Å². The number of benzene rings is 2. The molecule has 0 heterocycles. The van der Waals surface area contributed by atoms with Gasteiger partial charge in [-0.3, -0.25) is 0 Å². The summed E-state index contributed by atoms with van der Waals surface area (Å²) in [5.74, 6) is 0.453. The average Bonchev–Trinajstić information content (AvgIpc) is 3.20. The fraction of sp³-hybridized carbons (Fsp3) is 0.100. The van der Waals surface area contributed by atoms with E-state index in [1.807, 2.05) is 0 Å². The van der Waals surface area contributed by atoms with Gasteiger partial charge in [-0.2, -0.15) is 0 Å². The second kappa shape index (κ2) is 8.15. The van der Waals surface area contributed by atoms with Gasteiger partial charge < -0.3 is 2.85 Å². The Morgan fingerprint density at radius 3 is 2.39 bits per heavy atom. The summed E-state index contributed by atoms with van der Waals surface area (Å²) in [6.45, 7) is 0.445. The van der Waals surface area contributed by atoms with E-state index in [1.54, 1.807) is 0 Å². The third-order valence-electron chi connectivity index (χ3n) is 4.56. The van der Waals surface area contributed by atoms with Crippen molar-refractivity contribution in [1.82, 2.24) is 0 Å². The number of fused-ring (bicyclic) bond motifs is 1. The Kier molecular flexibility index (Phi) is 6.47. The monoisotopic (exact) mass is 284 g/mol. The standard InChI is InChI=1S/C20H17B.2Li.2H/c1-2-9-17(10-3-1)21(18-11-5-6-12-18)20-15-14-16-8-4-7-13-19(16)20;;;;/h1-11,13-15,20H,12H2;;;;/q;2*+1;2*-1. The second-order valence-electron chi connectivity index (χ2n) is 5.78. The molecule has 1 atom stereocenters. The maximum atomic E-state index is 2.38. The Labute approximate surface area is 166 Å². The van der Waals surface area contributed by atoms with E-state index in [9.17, 15) is 0 Å². The van der Waals surface area contributed by atoms with E-state index in [-0.39, 0.29) is 40.6 Å². The summed E-state index contributed by atoms with van der Waals surface area (Å²) < 4.78 is 0. The zero-order chi connectivity index (χ0) is 14.1. The summed E-state index contributed by atoms with van der Waals surface area (Å²) in [5.41, 5.74) is 5.76. The van der Waals surface area contributed by atoms with Gasteiger partial charge in [0, 0.05) is 0 Å². The molecule has 0 fully saturated rings. The minimum absolute atomic E-state index is 0. The molecule has 2 aromatic rings. The third-order valence-corrected chi connectivity index (χ3v) is 4.56. The predicted molar refractivity (Wildman–Crippen MR) is 94.1 cm³/mol. The molecule has 0 nitrogen and oxygen atoms in total. The molecular formula is C20H19BLi2. The molecule has 23 heavy (non-hydrogen) atoms.